The number of nitrogens with zero attached hydrogens (tertiary/aromatic N) is 1. The lowest BCUT2D eigenvalue weighted by Crippen LogP contribution is -2.29. The summed E-state index contributed by atoms with van der Waals surface area (Å²) in [7, 11) is 0. The Morgan fingerprint density at radius 3 is 2.95 bits per heavy atom. The second-order valence-corrected chi connectivity index (χ2v) is 5.39. The van der Waals surface area contributed by atoms with Gasteiger partial charge in [0, 0.05) is 19.6 Å². The number of halogens is 1. The molecule has 1 unspecified atom stereocenters. The predicted octanol–water partition coefficient (Wildman–Crippen LogP) is 3.52. The third-order valence-electron chi connectivity index (χ3n) is 3.87. The van der Waals surface area contributed by atoms with E-state index in [4.69, 9.17) is 0 Å². The molecule has 1 aliphatic rings. The summed E-state index contributed by atoms with van der Waals surface area (Å²) in [5.74, 6) is 0.182. The van der Waals surface area contributed by atoms with Crippen LogP contribution in [0.4, 0.5) is 10.1 Å². The molecule has 1 amide bonds. The molecule has 0 aliphatic carbocycles. The van der Waals surface area contributed by atoms with Crippen molar-refractivity contribution < 1.29 is 9.18 Å². The molecule has 1 fully saturated rings. The van der Waals surface area contributed by atoms with E-state index < -0.39 is 0 Å². The van der Waals surface area contributed by atoms with Crippen LogP contribution in [0, 0.1) is 11.7 Å². The summed E-state index contributed by atoms with van der Waals surface area (Å²) in [6, 6.07) is 4.69. The average Bonchev–Trinajstić information content (AvgIpc) is 2.89. The SMILES string of the molecule is CCCC1CCN(C(=O)c2cccc(F)c2NCC)C1. The summed E-state index contributed by atoms with van der Waals surface area (Å²) in [5.41, 5.74) is 0.780. The molecule has 3 nitrogen and oxygen atoms in total. The van der Waals surface area contributed by atoms with E-state index in [9.17, 15) is 9.18 Å². The largest absolute Gasteiger partial charge is 0.382 e. The Bertz CT molecular complexity index is 476. The molecule has 0 saturated carbocycles. The van der Waals surface area contributed by atoms with Gasteiger partial charge in [0.2, 0.25) is 0 Å². The van der Waals surface area contributed by atoms with Crippen LogP contribution in [0.3, 0.4) is 0 Å². The number of para-hydroxylation sites is 1. The van der Waals surface area contributed by atoms with E-state index in [1.165, 1.54) is 6.07 Å². The number of likely N-dealkylation sites (tertiary alicyclic amines) is 1. The number of carbonyl (C=O) groups excluding carboxylic acids is 1. The number of anilines is 1. The molecule has 1 atom stereocenters. The number of rotatable bonds is 5. The molecule has 4 heteroatoms. The zero-order valence-corrected chi connectivity index (χ0v) is 12.3. The summed E-state index contributed by atoms with van der Waals surface area (Å²) in [6.45, 7) is 6.24. The van der Waals surface area contributed by atoms with Crippen LogP contribution in [0.2, 0.25) is 0 Å². The highest BCUT2D eigenvalue weighted by molar-refractivity contribution is 5.99. The molecule has 1 aromatic rings. The summed E-state index contributed by atoms with van der Waals surface area (Å²) in [6.07, 6.45) is 3.37. The van der Waals surface area contributed by atoms with Crippen LogP contribution < -0.4 is 5.32 Å². The highest BCUT2D eigenvalue weighted by Gasteiger charge is 2.28. The van der Waals surface area contributed by atoms with E-state index in [0.29, 0.717) is 23.7 Å². The second-order valence-electron chi connectivity index (χ2n) is 5.39. The molecule has 0 radical (unpaired) electrons. The number of carbonyl (C=O) groups is 1. The minimum atomic E-state index is -0.359. The maximum absolute atomic E-state index is 13.8. The van der Waals surface area contributed by atoms with Crippen LogP contribution in [0.1, 0.15) is 43.5 Å². The van der Waals surface area contributed by atoms with E-state index in [0.717, 1.165) is 32.4 Å². The highest BCUT2D eigenvalue weighted by Crippen LogP contribution is 2.26. The lowest BCUT2D eigenvalue weighted by Gasteiger charge is -2.19. The van der Waals surface area contributed by atoms with Gasteiger partial charge >= 0.3 is 0 Å². The molecule has 1 N–H and O–H groups in total. The Kier molecular flexibility index (Phi) is 4.99. The first-order valence-electron chi connectivity index (χ1n) is 7.49. The van der Waals surface area contributed by atoms with Crippen molar-refractivity contribution in [3.8, 4) is 0 Å². The Balaban J connectivity index is 2.15. The standard InChI is InChI=1S/C16H23FN2O/c1-3-6-12-9-10-19(11-12)16(20)13-7-5-8-14(17)15(13)18-4-2/h5,7-8,12,18H,3-4,6,9-11H2,1-2H3. The Labute approximate surface area is 120 Å². The molecule has 0 aromatic heterocycles. The van der Waals surface area contributed by atoms with E-state index >= 15 is 0 Å². The van der Waals surface area contributed by atoms with Gasteiger partial charge < -0.3 is 10.2 Å². The Morgan fingerprint density at radius 2 is 2.25 bits per heavy atom. The van der Waals surface area contributed by atoms with Gasteiger partial charge in [0.15, 0.2) is 0 Å². The second kappa shape index (κ2) is 6.73. The van der Waals surface area contributed by atoms with Crippen molar-refractivity contribution in [2.45, 2.75) is 33.1 Å². The quantitative estimate of drug-likeness (QED) is 0.893. The zero-order valence-electron chi connectivity index (χ0n) is 12.3. The third kappa shape index (κ3) is 3.11. The predicted molar refractivity (Wildman–Crippen MR) is 79.5 cm³/mol. The molecule has 1 heterocycles. The third-order valence-corrected chi connectivity index (χ3v) is 3.87. The first-order chi connectivity index (χ1) is 9.67. The maximum Gasteiger partial charge on any atom is 0.256 e. The Hall–Kier alpha value is -1.58. The lowest BCUT2D eigenvalue weighted by molar-refractivity contribution is 0.0787. The van der Waals surface area contributed by atoms with E-state index in [2.05, 4.69) is 12.2 Å². The maximum atomic E-state index is 13.8. The van der Waals surface area contributed by atoms with Crippen LogP contribution in [-0.2, 0) is 0 Å². The van der Waals surface area contributed by atoms with E-state index in [1.54, 1.807) is 12.1 Å². The van der Waals surface area contributed by atoms with E-state index in [1.807, 2.05) is 11.8 Å². The van der Waals surface area contributed by atoms with Crippen molar-refractivity contribution in [2.75, 3.05) is 25.0 Å². The first kappa shape index (κ1) is 14.8. The van der Waals surface area contributed by atoms with Gasteiger partial charge in [0.05, 0.1) is 11.3 Å². The Morgan fingerprint density at radius 1 is 1.45 bits per heavy atom. The van der Waals surface area contributed by atoms with Crippen LogP contribution in [0.15, 0.2) is 18.2 Å². The number of hydrogen-bond donors (Lipinski definition) is 1. The molecule has 0 spiro atoms. The van der Waals surface area contributed by atoms with Crippen molar-refractivity contribution >= 4 is 11.6 Å². The van der Waals surface area contributed by atoms with Crippen molar-refractivity contribution in [3.05, 3.63) is 29.6 Å². The van der Waals surface area contributed by atoms with E-state index in [-0.39, 0.29) is 11.7 Å². The molecular formula is C16H23FN2O. The smallest absolute Gasteiger partial charge is 0.256 e. The lowest BCUT2D eigenvalue weighted by atomic mass is 10.0. The number of benzene rings is 1. The van der Waals surface area contributed by atoms with Crippen molar-refractivity contribution in [3.63, 3.8) is 0 Å². The fourth-order valence-electron chi connectivity index (χ4n) is 2.89. The van der Waals surface area contributed by atoms with Crippen molar-refractivity contribution in [2.24, 2.45) is 5.92 Å². The van der Waals surface area contributed by atoms with Gasteiger partial charge in [-0.05, 0) is 37.8 Å². The summed E-state index contributed by atoms with van der Waals surface area (Å²) in [4.78, 5) is 14.4. The molecule has 0 bridgehead atoms. The molecular weight excluding hydrogens is 255 g/mol. The average molecular weight is 278 g/mol. The minimum absolute atomic E-state index is 0.0564. The van der Waals surface area contributed by atoms with Gasteiger partial charge in [0.25, 0.3) is 5.91 Å². The first-order valence-corrected chi connectivity index (χ1v) is 7.49. The topological polar surface area (TPSA) is 32.3 Å². The number of amides is 1. The van der Waals surface area contributed by atoms with Gasteiger partial charge in [0.1, 0.15) is 5.82 Å². The van der Waals surface area contributed by atoms with Crippen LogP contribution >= 0.6 is 0 Å². The molecule has 1 saturated heterocycles. The van der Waals surface area contributed by atoms with Gasteiger partial charge in [-0.15, -0.1) is 0 Å². The van der Waals surface area contributed by atoms with Crippen molar-refractivity contribution in [1.29, 1.82) is 0 Å². The highest BCUT2D eigenvalue weighted by atomic mass is 19.1. The number of nitrogens with one attached hydrogen (secondary N) is 1. The van der Waals surface area contributed by atoms with Crippen LogP contribution in [0.5, 0.6) is 0 Å². The molecule has 2 rings (SSSR count). The van der Waals surface area contributed by atoms with Crippen molar-refractivity contribution in [1.82, 2.24) is 4.90 Å². The molecule has 110 valence electrons. The summed E-state index contributed by atoms with van der Waals surface area (Å²) in [5, 5.41) is 2.96. The fourth-order valence-corrected chi connectivity index (χ4v) is 2.89. The summed E-state index contributed by atoms with van der Waals surface area (Å²) < 4.78 is 13.8. The summed E-state index contributed by atoms with van der Waals surface area (Å²) >= 11 is 0. The van der Waals surface area contributed by atoms with Gasteiger partial charge in [-0.1, -0.05) is 19.4 Å². The minimum Gasteiger partial charge on any atom is -0.382 e. The van der Waals surface area contributed by atoms with Gasteiger partial charge in [-0.2, -0.15) is 0 Å². The molecule has 1 aromatic carbocycles. The number of hydrogen-bond acceptors (Lipinski definition) is 2. The molecule has 20 heavy (non-hydrogen) atoms. The van der Waals surface area contributed by atoms with Gasteiger partial charge in [-0.25, -0.2) is 4.39 Å². The fraction of sp³-hybridized carbons (Fsp3) is 0.562. The van der Waals surface area contributed by atoms with Crippen LogP contribution in [-0.4, -0.2) is 30.4 Å². The normalized spacial score (nSPS) is 18.4. The monoisotopic (exact) mass is 278 g/mol. The van der Waals surface area contributed by atoms with Crippen LogP contribution in [0.25, 0.3) is 0 Å². The zero-order chi connectivity index (χ0) is 14.5. The molecule has 1 aliphatic heterocycles. The van der Waals surface area contributed by atoms with Gasteiger partial charge in [-0.3, -0.25) is 4.79 Å².